The molecule has 0 N–H and O–H groups in total. The van der Waals surface area contributed by atoms with Crippen LogP contribution in [-0.2, 0) is 4.79 Å². The molecule has 0 aliphatic carbocycles. The molecule has 0 amide bonds. The van der Waals surface area contributed by atoms with Crippen molar-refractivity contribution in [3.63, 3.8) is 0 Å². The first-order chi connectivity index (χ1) is 13.6. The lowest BCUT2D eigenvalue weighted by Gasteiger charge is -2.11. The lowest BCUT2D eigenvalue weighted by atomic mass is 10.2. The van der Waals surface area contributed by atoms with Gasteiger partial charge in [0.15, 0.2) is 5.13 Å². The normalized spacial score (nSPS) is 14.1. The van der Waals surface area contributed by atoms with Gasteiger partial charge in [-0.2, -0.15) is 0 Å². The van der Waals surface area contributed by atoms with Crippen molar-refractivity contribution >= 4 is 44.4 Å². The summed E-state index contributed by atoms with van der Waals surface area (Å²) in [7, 11) is 0. The molecule has 1 aliphatic rings. The first-order valence-electron chi connectivity index (χ1n) is 8.88. The number of rotatable bonds is 5. The Morgan fingerprint density at radius 3 is 2.64 bits per heavy atom. The minimum atomic E-state index is -0.512. The van der Waals surface area contributed by atoms with Crippen LogP contribution in [0.2, 0.25) is 0 Å². The van der Waals surface area contributed by atoms with Crippen molar-refractivity contribution in [1.29, 1.82) is 0 Å². The Hall–Kier alpha value is -3.26. The number of nitro benzene ring substituents is 1. The molecule has 142 valence electrons. The van der Waals surface area contributed by atoms with Gasteiger partial charge in [-0.15, -0.1) is 0 Å². The number of benzene rings is 2. The Morgan fingerprint density at radius 1 is 1.18 bits per heavy atom. The number of ether oxygens (including phenoxy) is 1. The number of nitrogens with zero attached hydrogens (tertiary/aromatic N) is 3. The van der Waals surface area contributed by atoms with Gasteiger partial charge in [0.1, 0.15) is 5.75 Å². The molecule has 0 atom stereocenters. The summed E-state index contributed by atoms with van der Waals surface area (Å²) in [6, 6.07) is 11.3. The van der Waals surface area contributed by atoms with Gasteiger partial charge in [0.2, 0.25) is 0 Å². The average molecular weight is 395 g/mol. The lowest BCUT2D eigenvalue weighted by molar-refractivity contribution is -0.384. The van der Waals surface area contributed by atoms with Gasteiger partial charge in [0.25, 0.3) is 5.69 Å². The van der Waals surface area contributed by atoms with Gasteiger partial charge in [-0.25, -0.2) is 9.78 Å². The molecule has 1 aromatic heterocycles. The van der Waals surface area contributed by atoms with Crippen LogP contribution in [0.3, 0.4) is 0 Å². The van der Waals surface area contributed by atoms with Gasteiger partial charge in [-0.1, -0.05) is 11.3 Å². The topological polar surface area (TPSA) is 85.6 Å². The Balaban J connectivity index is 1.43. The van der Waals surface area contributed by atoms with Crippen molar-refractivity contribution in [2.45, 2.75) is 12.8 Å². The predicted molar refractivity (Wildman–Crippen MR) is 109 cm³/mol. The lowest BCUT2D eigenvalue weighted by Crippen LogP contribution is -2.16. The zero-order valence-electron chi connectivity index (χ0n) is 14.9. The van der Waals surface area contributed by atoms with Crippen molar-refractivity contribution in [1.82, 2.24) is 4.98 Å². The molecule has 8 heteroatoms. The fourth-order valence-corrected chi connectivity index (χ4v) is 4.07. The summed E-state index contributed by atoms with van der Waals surface area (Å²) < 4.78 is 6.35. The number of carbonyl (C=O) groups is 1. The van der Waals surface area contributed by atoms with E-state index in [9.17, 15) is 14.9 Å². The molecule has 0 saturated carbocycles. The van der Waals surface area contributed by atoms with Gasteiger partial charge in [-0.3, -0.25) is 10.1 Å². The Labute approximate surface area is 165 Å². The standard InChI is InChI=1S/C20H17N3O4S/c24-19(10-5-14-3-6-15(7-4-14)23(25)26)27-16-8-9-17-18(13-16)28-20(21-17)22-11-1-2-12-22/h3-10,13H,1-2,11-12H2/b10-5-. The molecule has 0 radical (unpaired) electrons. The molecule has 28 heavy (non-hydrogen) atoms. The minimum Gasteiger partial charge on any atom is -0.423 e. The summed E-state index contributed by atoms with van der Waals surface area (Å²) in [4.78, 5) is 29.2. The van der Waals surface area contributed by atoms with Gasteiger partial charge in [0.05, 0.1) is 15.1 Å². The molecule has 7 nitrogen and oxygen atoms in total. The summed E-state index contributed by atoms with van der Waals surface area (Å²) in [6.45, 7) is 2.07. The maximum Gasteiger partial charge on any atom is 0.336 e. The number of hydrogen-bond donors (Lipinski definition) is 0. The second-order valence-corrected chi connectivity index (χ2v) is 7.43. The third kappa shape index (κ3) is 4.01. The van der Waals surface area contributed by atoms with Gasteiger partial charge < -0.3 is 9.64 Å². The van der Waals surface area contributed by atoms with Crippen molar-refractivity contribution < 1.29 is 14.5 Å². The maximum atomic E-state index is 12.1. The van der Waals surface area contributed by atoms with Crippen LogP contribution in [0.1, 0.15) is 18.4 Å². The maximum absolute atomic E-state index is 12.1. The molecule has 0 spiro atoms. The van der Waals surface area contributed by atoms with Crippen LogP contribution in [0.15, 0.2) is 48.5 Å². The Bertz CT molecular complexity index is 1050. The van der Waals surface area contributed by atoms with Crippen LogP contribution in [0, 0.1) is 10.1 Å². The van der Waals surface area contributed by atoms with Crippen molar-refractivity contribution in [2.24, 2.45) is 0 Å². The van der Waals surface area contributed by atoms with Crippen LogP contribution in [-0.4, -0.2) is 29.0 Å². The number of nitro groups is 1. The SMILES string of the molecule is O=C(/C=C\c1ccc([N+](=O)[O-])cc1)Oc1ccc2nc(N3CCCC3)sc2c1. The second-order valence-electron chi connectivity index (χ2n) is 6.42. The molecule has 1 saturated heterocycles. The van der Waals surface area contributed by atoms with E-state index in [-0.39, 0.29) is 5.69 Å². The fraction of sp³-hybridized carbons (Fsp3) is 0.200. The van der Waals surface area contributed by atoms with Crippen LogP contribution in [0.5, 0.6) is 5.75 Å². The first kappa shape index (κ1) is 18.1. The van der Waals surface area contributed by atoms with E-state index in [2.05, 4.69) is 9.88 Å². The van der Waals surface area contributed by atoms with Crippen LogP contribution < -0.4 is 9.64 Å². The summed E-state index contributed by atoms with van der Waals surface area (Å²) >= 11 is 1.60. The van der Waals surface area contributed by atoms with E-state index >= 15 is 0 Å². The van der Waals surface area contributed by atoms with E-state index in [1.807, 2.05) is 12.1 Å². The second kappa shape index (κ2) is 7.77. The van der Waals surface area contributed by atoms with E-state index in [0.717, 1.165) is 28.4 Å². The van der Waals surface area contributed by atoms with Crippen molar-refractivity contribution in [2.75, 3.05) is 18.0 Å². The van der Waals surface area contributed by atoms with E-state index in [0.29, 0.717) is 11.3 Å². The number of esters is 1. The number of aromatic nitrogens is 1. The molecule has 2 aromatic carbocycles. The molecule has 3 aromatic rings. The number of fused-ring (bicyclic) bond motifs is 1. The summed E-state index contributed by atoms with van der Waals surface area (Å²) in [5.41, 5.74) is 1.58. The molecule has 0 unspecified atom stereocenters. The molecule has 2 heterocycles. The smallest absolute Gasteiger partial charge is 0.336 e. The largest absolute Gasteiger partial charge is 0.423 e. The third-order valence-corrected chi connectivity index (χ3v) is 5.54. The number of hydrogen-bond acceptors (Lipinski definition) is 7. The third-order valence-electron chi connectivity index (χ3n) is 4.46. The molecular formula is C20H17N3O4S. The van der Waals surface area contributed by atoms with Gasteiger partial charge in [-0.05, 0) is 48.7 Å². The molecule has 4 rings (SSSR count). The van der Waals surface area contributed by atoms with Gasteiger partial charge >= 0.3 is 5.97 Å². The predicted octanol–water partition coefficient (Wildman–Crippen LogP) is 4.42. The van der Waals surface area contributed by atoms with Crippen LogP contribution >= 0.6 is 11.3 Å². The highest BCUT2D eigenvalue weighted by Crippen LogP contribution is 2.33. The number of non-ortho nitro benzene ring substituents is 1. The highest BCUT2D eigenvalue weighted by atomic mass is 32.1. The Kier molecular flexibility index (Phi) is 5.03. The number of anilines is 1. The zero-order valence-corrected chi connectivity index (χ0v) is 15.7. The van der Waals surface area contributed by atoms with Gasteiger partial charge in [0, 0.05) is 37.4 Å². The fourth-order valence-electron chi connectivity index (χ4n) is 3.02. The molecule has 1 aliphatic heterocycles. The zero-order chi connectivity index (χ0) is 19.5. The van der Waals surface area contributed by atoms with E-state index < -0.39 is 10.9 Å². The number of carbonyl (C=O) groups excluding carboxylic acids is 1. The summed E-state index contributed by atoms with van der Waals surface area (Å²) in [5, 5.41) is 11.7. The molecular weight excluding hydrogens is 378 g/mol. The average Bonchev–Trinajstić information content (AvgIpc) is 3.35. The Morgan fingerprint density at radius 2 is 1.93 bits per heavy atom. The molecule has 1 fully saturated rings. The van der Waals surface area contributed by atoms with Crippen molar-refractivity contribution in [3.05, 3.63) is 64.2 Å². The molecule has 0 bridgehead atoms. The van der Waals surface area contributed by atoms with E-state index in [4.69, 9.17) is 4.74 Å². The summed E-state index contributed by atoms with van der Waals surface area (Å²) in [6.07, 6.45) is 5.25. The van der Waals surface area contributed by atoms with Crippen LogP contribution in [0.25, 0.3) is 16.3 Å². The van der Waals surface area contributed by atoms with E-state index in [1.165, 1.54) is 31.1 Å². The monoisotopic (exact) mass is 395 g/mol. The van der Waals surface area contributed by atoms with Crippen LogP contribution in [0.4, 0.5) is 10.8 Å². The number of thiazole rings is 1. The van der Waals surface area contributed by atoms with E-state index in [1.54, 1.807) is 35.6 Å². The highest BCUT2D eigenvalue weighted by Gasteiger charge is 2.16. The highest BCUT2D eigenvalue weighted by molar-refractivity contribution is 7.22. The quantitative estimate of drug-likeness (QED) is 0.209. The first-order valence-corrected chi connectivity index (χ1v) is 9.70. The minimum absolute atomic E-state index is 0.00545. The van der Waals surface area contributed by atoms with Crippen molar-refractivity contribution in [3.8, 4) is 5.75 Å². The summed E-state index contributed by atoms with van der Waals surface area (Å²) in [5.74, 6) is -0.0514.